The number of rotatable bonds is 5. The molecule has 0 N–H and O–H groups in total. The van der Waals surface area contributed by atoms with E-state index in [2.05, 4.69) is 30.2 Å². The maximum Gasteiger partial charge on any atom is 0.0401 e. The van der Waals surface area contributed by atoms with E-state index in [1.165, 1.54) is 0 Å². The molecule has 0 rings (SSSR count). The number of allylic oxidation sites excluding steroid dienone is 6. The lowest BCUT2D eigenvalue weighted by Crippen LogP contribution is -2.14. The van der Waals surface area contributed by atoms with Crippen LogP contribution in [0.4, 0.5) is 0 Å². The molecule has 0 bridgehead atoms. The molecular weight excluding hydrogens is 170 g/mol. The maximum absolute atomic E-state index is 3.77. The van der Waals surface area contributed by atoms with Crippen LogP contribution in [0.25, 0.3) is 0 Å². The van der Waals surface area contributed by atoms with Gasteiger partial charge in [0, 0.05) is 18.4 Å². The molecule has 0 aliphatic heterocycles. The molecule has 0 saturated heterocycles. The topological polar surface area (TPSA) is 3.24 Å². The van der Waals surface area contributed by atoms with Gasteiger partial charge < -0.3 is 4.90 Å². The number of hydrogen-bond donors (Lipinski definition) is 0. The predicted molar refractivity (Wildman–Crippen MR) is 64.8 cm³/mol. The van der Waals surface area contributed by atoms with Gasteiger partial charge in [0.1, 0.15) is 0 Å². The third kappa shape index (κ3) is 3.48. The summed E-state index contributed by atoms with van der Waals surface area (Å²) in [5, 5.41) is 0. The van der Waals surface area contributed by atoms with Crippen molar-refractivity contribution in [3.8, 4) is 0 Å². The highest BCUT2D eigenvalue weighted by Gasteiger charge is 2.01. The Labute approximate surface area is 87.4 Å². The second-order valence-corrected chi connectivity index (χ2v) is 2.80. The molecule has 0 aromatic rings. The van der Waals surface area contributed by atoms with Crippen molar-refractivity contribution in [3.63, 3.8) is 0 Å². The maximum atomic E-state index is 3.77. The Morgan fingerprint density at radius 1 is 1.14 bits per heavy atom. The van der Waals surface area contributed by atoms with Gasteiger partial charge in [0.2, 0.25) is 0 Å². The van der Waals surface area contributed by atoms with Crippen molar-refractivity contribution < 1.29 is 0 Å². The van der Waals surface area contributed by atoms with E-state index in [9.17, 15) is 0 Å². The Hall–Kier alpha value is -1.50. The van der Waals surface area contributed by atoms with Crippen LogP contribution in [0, 0.1) is 0 Å². The molecular formula is C13H19N. The zero-order valence-corrected chi connectivity index (χ0v) is 9.33. The summed E-state index contributed by atoms with van der Waals surface area (Å²) in [7, 11) is 2.01. The van der Waals surface area contributed by atoms with Crippen LogP contribution < -0.4 is 0 Å². The Kier molecular flexibility index (Phi) is 6.21. The largest absolute Gasteiger partial charge is 0.345 e. The second-order valence-electron chi connectivity index (χ2n) is 2.80. The van der Waals surface area contributed by atoms with Gasteiger partial charge in [0.15, 0.2) is 0 Å². The normalized spacial score (nSPS) is 13.1. The summed E-state index contributed by atoms with van der Waals surface area (Å²) in [5.41, 5.74) is 2.17. The average molecular weight is 189 g/mol. The first-order chi connectivity index (χ1) is 6.71. The minimum absolute atomic E-state index is 1.03. The van der Waals surface area contributed by atoms with E-state index < -0.39 is 0 Å². The summed E-state index contributed by atoms with van der Waals surface area (Å²) in [5.74, 6) is 0. The van der Waals surface area contributed by atoms with E-state index in [0.29, 0.717) is 0 Å². The Bertz CT molecular complexity index is 280. The molecule has 0 atom stereocenters. The van der Waals surface area contributed by atoms with Crippen molar-refractivity contribution in [1.29, 1.82) is 0 Å². The van der Waals surface area contributed by atoms with Gasteiger partial charge in [-0.15, -0.1) is 0 Å². The highest BCUT2D eigenvalue weighted by atomic mass is 15.1. The monoisotopic (exact) mass is 189 g/mol. The van der Waals surface area contributed by atoms with Crippen molar-refractivity contribution >= 4 is 0 Å². The van der Waals surface area contributed by atoms with Crippen LogP contribution in [0.3, 0.4) is 0 Å². The SMILES string of the molecule is C=C/C=C(\C=C)N(C)C(/C=C\C)=C/C. The Balaban J connectivity index is 4.89. The Morgan fingerprint density at radius 3 is 2.14 bits per heavy atom. The molecule has 0 amide bonds. The third-order valence-electron chi connectivity index (χ3n) is 1.91. The lowest BCUT2D eigenvalue weighted by atomic mass is 10.2. The van der Waals surface area contributed by atoms with E-state index in [0.717, 1.165) is 11.4 Å². The fourth-order valence-corrected chi connectivity index (χ4v) is 1.16. The quantitative estimate of drug-likeness (QED) is 0.597. The average Bonchev–Trinajstić information content (AvgIpc) is 2.21. The predicted octanol–water partition coefficient (Wildman–Crippen LogP) is 3.65. The fraction of sp³-hybridized carbons (Fsp3) is 0.231. The summed E-state index contributed by atoms with van der Waals surface area (Å²) >= 11 is 0. The van der Waals surface area contributed by atoms with Gasteiger partial charge in [-0.3, -0.25) is 0 Å². The van der Waals surface area contributed by atoms with Crippen LogP contribution in [0.1, 0.15) is 13.8 Å². The molecule has 76 valence electrons. The van der Waals surface area contributed by atoms with Gasteiger partial charge in [-0.2, -0.15) is 0 Å². The van der Waals surface area contributed by atoms with Crippen molar-refractivity contribution in [3.05, 3.63) is 61.0 Å². The van der Waals surface area contributed by atoms with Crippen LogP contribution in [-0.4, -0.2) is 11.9 Å². The summed E-state index contributed by atoms with van der Waals surface area (Å²) in [6.45, 7) is 11.5. The lowest BCUT2D eigenvalue weighted by Gasteiger charge is -2.21. The molecule has 0 heterocycles. The molecule has 0 fully saturated rings. The fourth-order valence-electron chi connectivity index (χ4n) is 1.16. The molecule has 0 aromatic carbocycles. The summed E-state index contributed by atoms with van der Waals surface area (Å²) < 4.78 is 0. The second kappa shape index (κ2) is 6.96. The summed E-state index contributed by atoms with van der Waals surface area (Å²) in [6.07, 6.45) is 11.6. The molecule has 0 unspecified atom stereocenters. The van der Waals surface area contributed by atoms with E-state index in [1.807, 2.05) is 39.1 Å². The van der Waals surface area contributed by atoms with E-state index in [-0.39, 0.29) is 0 Å². The molecule has 1 heteroatoms. The van der Waals surface area contributed by atoms with E-state index in [4.69, 9.17) is 0 Å². The van der Waals surface area contributed by atoms with Crippen LogP contribution in [-0.2, 0) is 0 Å². The molecule has 0 radical (unpaired) electrons. The molecule has 0 aromatic heterocycles. The van der Waals surface area contributed by atoms with Gasteiger partial charge in [0.05, 0.1) is 0 Å². The Morgan fingerprint density at radius 2 is 1.79 bits per heavy atom. The standard InChI is InChI=1S/C13H19N/c1-6-10-12(8-3)14(5)13(9-4)11-7-2/h6-11H,1,3H2,2,4-5H3/b11-7-,12-10+,13-9+. The lowest BCUT2D eigenvalue weighted by molar-refractivity contribution is 0.553. The van der Waals surface area contributed by atoms with Crippen molar-refractivity contribution in [1.82, 2.24) is 4.90 Å². The van der Waals surface area contributed by atoms with Gasteiger partial charge in [-0.1, -0.05) is 31.4 Å². The molecule has 0 spiro atoms. The third-order valence-corrected chi connectivity index (χ3v) is 1.91. The van der Waals surface area contributed by atoms with E-state index >= 15 is 0 Å². The van der Waals surface area contributed by atoms with Crippen molar-refractivity contribution in [2.24, 2.45) is 0 Å². The first-order valence-electron chi connectivity index (χ1n) is 4.69. The smallest absolute Gasteiger partial charge is 0.0401 e. The first kappa shape index (κ1) is 12.5. The van der Waals surface area contributed by atoms with Gasteiger partial charge >= 0.3 is 0 Å². The molecule has 0 aliphatic rings. The number of hydrogen-bond acceptors (Lipinski definition) is 1. The number of nitrogens with zero attached hydrogens (tertiary/aromatic N) is 1. The molecule has 0 aliphatic carbocycles. The molecule has 14 heavy (non-hydrogen) atoms. The zero-order valence-electron chi connectivity index (χ0n) is 9.33. The molecule has 0 saturated carbocycles. The first-order valence-corrected chi connectivity index (χ1v) is 4.69. The van der Waals surface area contributed by atoms with Crippen LogP contribution >= 0.6 is 0 Å². The van der Waals surface area contributed by atoms with Gasteiger partial charge in [0.25, 0.3) is 0 Å². The highest BCUT2D eigenvalue weighted by Crippen LogP contribution is 2.12. The van der Waals surface area contributed by atoms with Crippen LogP contribution in [0.15, 0.2) is 61.0 Å². The minimum atomic E-state index is 1.03. The highest BCUT2D eigenvalue weighted by molar-refractivity contribution is 5.28. The van der Waals surface area contributed by atoms with Crippen LogP contribution in [0.5, 0.6) is 0 Å². The van der Waals surface area contributed by atoms with Crippen LogP contribution in [0.2, 0.25) is 0 Å². The summed E-state index contributed by atoms with van der Waals surface area (Å²) in [6, 6.07) is 0. The minimum Gasteiger partial charge on any atom is -0.345 e. The molecule has 1 nitrogen and oxygen atoms in total. The van der Waals surface area contributed by atoms with E-state index in [1.54, 1.807) is 6.08 Å². The van der Waals surface area contributed by atoms with Crippen molar-refractivity contribution in [2.75, 3.05) is 7.05 Å². The summed E-state index contributed by atoms with van der Waals surface area (Å²) in [4.78, 5) is 2.06. The van der Waals surface area contributed by atoms with Crippen molar-refractivity contribution in [2.45, 2.75) is 13.8 Å². The van der Waals surface area contributed by atoms with Gasteiger partial charge in [-0.05, 0) is 32.1 Å². The number of likely N-dealkylation sites (N-methyl/N-ethyl adjacent to an activating group) is 1. The van der Waals surface area contributed by atoms with Gasteiger partial charge in [-0.25, -0.2) is 0 Å². The zero-order chi connectivity index (χ0) is 11.0.